The number of hydrogen-bond acceptors (Lipinski definition) is 3. The minimum atomic E-state index is 0.361. The quantitative estimate of drug-likeness (QED) is 0.820. The SMILES string of the molecule is c1ccc2c(c1)CC(CN1CCCN3CCCC3C1)O2. The van der Waals surface area contributed by atoms with Gasteiger partial charge in [-0.15, -0.1) is 0 Å². The van der Waals surface area contributed by atoms with Gasteiger partial charge in [-0.2, -0.15) is 0 Å². The van der Waals surface area contributed by atoms with E-state index in [1.54, 1.807) is 0 Å². The van der Waals surface area contributed by atoms with Crippen molar-refractivity contribution in [2.75, 3.05) is 32.7 Å². The summed E-state index contributed by atoms with van der Waals surface area (Å²) in [6.07, 6.45) is 5.55. The normalized spacial score (nSPS) is 30.6. The Hall–Kier alpha value is -1.06. The van der Waals surface area contributed by atoms with Crippen LogP contribution in [0.25, 0.3) is 0 Å². The topological polar surface area (TPSA) is 15.7 Å². The molecule has 1 aromatic carbocycles. The molecule has 0 N–H and O–H groups in total. The summed E-state index contributed by atoms with van der Waals surface area (Å²) in [5.74, 6) is 1.11. The fourth-order valence-electron chi connectivity index (χ4n) is 4.09. The predicted molar refractivity (Wildman–Crippen MR) is 80.2 cm³/mol. The van der Waals surface area contributed by atoms with Crippen LogP contribution < -0.4 is 4.74 Å². The third-order valence-electron chi connectivity index (χ3n) is 5.06. The molecule has 108 valence electrons. The van der Waals surface area contributed by atoms with E-state index in [1.165, 1.54) is 51.0 Å². The van der Waals surface area contributed by atoms with E-state index in [1.807, 2.05) is 0 Å². The van der Waals surface area contributed by atoms with Crippen molar-refractivity contribution in [3.63, 3.8) is 0 Å². The summed E-state index contributed by atoms with van der Waals surface area (Å²) in [6, 6.07) is 9.31. The van der Waals surface area contributed by atoms with E-state index < -0.39 is 0 Å². The van der Waals surface area contributed by atoms with Crippen molar-refractivity contribution < 1.29 is 4.74 Å². The Morgan fingerprint density at radius 1 is 1.10 bits per heavy atom. The van der Waals surface area contributed by atoms with Crippen LogP contribution in [-0.2, 0) is 6.42 Å². The molecule has 3 nitrogen and oxygen atoms in total. The zero-order chi connectivity index (χ0) is 13.4. The summed E-state index contributed by atoms with van der Waals surface area (Å²) >= 11 is 0. The molecular formula is C17H24N2O. The average molecular weight is 272 g/mol. The second-order valence-electron chi connectivity index (χ2n) is 6.50. The summed E-state index contributed by atoms with van der Waals surface area (Å²) in [4.78, 5) is 5.34. The number of rotatable bonds is 2. The van der Waals surface area contributed by atoms with Crippen LogP contribution in [0.5, 0.6) is 5.75 Å². The molecule has 20 heavy (non-hydrogen) atoms. The molecule has 2 unspecified atom stereocenters. The molecule has 3 heteroatoms. The Balaban J connectivity index is 1.38. The molecule has 0 aromatic heterocycles. The largest absolute Gasteiger partial charge is 0.488 e. The second kappa shape index (κ2) is 5.38. The van der Waals surface area contributed by atoms with Gasteiger partial charge in [0.1, 0.15) is 11.9 Å². The highest BCUT2D eigenvalue weighted by molar-refractivity contribution is 5.37. The molecule has 0 saturated carbocycles. The van der Waals surface area contributed by atoms with Crippen LogP contribution in [0, 0.1) is 0 Å². The predicted octanol–water partition coefficient (Wildman–Crippen LogP) is 2.16. The molecule has 0 bridgehead atoms. The number of para-hydroxylation sites is 1. The fourth-order valence-corrected chi connectivity index (χ4v) is 4.09. The van der Waals surface area contributed by atoms with Gasteiger partial charge in [0.15, 0.2) is 0 Å². The van der Waals surface area contributed by atoms with Crippen LogP contribution in [0.15, 0.2) is 24.3 Å². The maximum Gasteiger partial charge on any atom is 0.123 e. The Bertz CT molecular complexity index is 451. The van der Waals surface area contributed by atoms with Crippen LogP contribution >= 0.6 is 0 Å². The second-order valence-corrected chi connectivity index (χ2v) is 6.50. The van der Waals surface area contributed by atoms with E-state index in [0.29, 0.717) is 6.10 Å². The molecule has 3 aliphatic heterocycles. The van der Waals surface area contributed by atoms with Crippen molar-refractivity contribution >= 4 is 0 Å². The summed E-state index contributed by atoms with van der Waals surface area (Å²) in [7, 11) is 0. The first-order chi connectivity index (χ1) is 9.88. The Labute approximate surface area is 121 Å². The van der Waals surface area contributed by atoms with Gasteiger partial charge in [-0.3, -0.25) is 9.80 Å². The summed E-state index contributed by atoms with van der Waals surface area (Å²) in [5, 5.41) is 0. The first-order valence-corrected chi connectivity index (χ1v) is 8.09. The fraction of sp³-hybridized carbons (Fsp3) is 0.647. The van der Waals surface area contributed by atoms with Gasteiger partial charge in [0, 0.05) is 25.6 Å². The molecule has 4 rings (SSSR count). The molecule has 0 amide bonds. The van der Waals surface area contributed by atoms with E-state index in [-0.39, 0.29) is 0 Å². The van der Waals surface area contributed by atoms with Crippen LogP contribution in [0.1, 0.15) is 24.8 Å². The van der Waals surface area contributed by atoms with Crippen molar-refractivity contribution in [1.29, 1.82) is 0 Å². The molecule has 3 heterocycles. The monoisotopic (exact) mass is 272 g/mol. The van der Waals surface area contributed by atoms with Crippen molar-refractivity contribution in [3.05, 3.63) is 29.8 Å². The lowest BCUT2D eigenvalue weighted by atomic mass is 10.1. The van der Waals surface area contributed by atoms with Crippen molar-refractivity contribution in [3.8, 4) is 5.75 Å². The number of fused-ring (bicyclic) bond motifs is 2. The molecule has 1 aromatic rings. The number of hydrogen-bond donors (Lipinski definition) is 0. The molecule has 2 atom stereocenters. The molecule has 0 aliphatic carbocycles. The zero-order valence-corrected chi connectivity index (χ0v) is 12.1. The summed E-state index contributed by atoms with van der Waals surface area (Å²) < 4.78 is 6.11. The van der Waals surface area contributed by atoms with Gasteiger partial charge in [-0.1, -0.05) is 18.2 Å². The number of nitrogens with zero attached hydrogens (tertiary/aromatic N) is 2. The van der Waals surface area contributed by atoms with Gasteiger partial charge >= 0.3 is 0 Å². The molecule has 2 saturated heterocycles. The Kier molecular flexibility index (Phi) is 3.41. The molecule has 0 spiro atoms. The maximum atomic E-state index is 6.11. The van der Waals surface area contributed by atoms with Gasteiger partial charge in [0.2, 0.25) is 0 Å². The van der Waals surface area contributed by atoms with Crippen LogP contribution in [0.3, 0.4) is 0 Å². The molecule has 0 radical (unpaired) electrons. The first-order valence-electron chi connectivity index (χ1n) is 8.09. The van der Waals surface area contributed by atoms with E-state index in [4.69, 9.17) is 4.74 Å². The van der Waals surface area contributed by atoms with Crippen LogP contribution in [0.4, 0.5) is 0 Å². The van der Waals surface area contributed by atoms with E-state index in [2.05, 4.69) is 34.1 Å². The highest BCUT2D eigenvalue weighted by atomic mass is 16.5. The number of ether oxygens (including phenoxy) is 1. The van der Waals surface area contributed by atoms with Gasteiger partial charge in [0.25, 0.3) is 0 Å². The van der Waals surface area contributed by atoms with E-state index >= 15 is 0 Å². The average Bonchev–Trinajstić information content (AvgIpc) is 3.01. The van der Waals surface area contributed by atoms with Gasteiger partial charge in [0.05, 0.1) is 0 Å². The lowest BCUT2D eigenvalue weighted by molar-refractivity contribution is 0.141. The lowest BCUT2D eigenvalue weighted by Crippen LogP contribution is -2.41. The highest BCUT2D eigenvalue weighted by Crippen LogP contribution is 2.29. The van der Waals surface area contributed by atoms with E-state index in [9.17, 15) is 0 Å². The maximum absolute atomic E-state index is 6.11. The Morgan fingerprint density at radius 3 is 2.95 bits per heavy atom. The zero-order valence-electron chi connectivity index (χ0n) is 12.1. The van der Waals surface area contributed by atoms with Crippen molar-refractivity contribution in [2.24, 2.45) is 0 Å². The van der Waals surface area contributed by atoms with Crippen molar-refractivity contribution in [1.82, 2.24) is 9.80 Å². The third-order valence-corrected chi connectivity index (χ3v) is 5.06. The molecule has 3 aliphatic rings. The van der Waals surface area contributed by atoms with E-state index in [0.717, 1.165) is 24.8 Å². The van der Waals surface area contributed by atoms with Crippen molar-refractivity contribution in [2.45, 2.75) is 37.8 Å². The van der Waals surface area contributed by atoms with Gasteiger partial charge in [-0.25, -0.2) is 0 Å². The minimum Gasteiger partial charge on any atom is -0.488 e. The number of benzene rings is 1. The highest BCUT2D eigenvalue weighted by Gasteiger charge is 2.31. The standard InChI is InChI=1S/C17H24N2O/c1-2-7-17-14(5-1)11-16(20-17)13-18-8-4-10-19-9-3-6-15(19)12-18/h1-2,5,7,15-16H,3-4,6,8-13H2. The first kappa shape index (κ1) is 12.7. The lowest BCUT2D eigenvalue weighted by Gasteiger charge is -2.27. The minimum absolute atomic E-state index is 0.361. The van der Waals surface area contributed by atoms with Crippen LogP contribution in [-0.4, -0.2) is 54.7 Å². The van der Waals surface area contributed by atoms with Gasteiger partial charge < -0.3 is 4.74 Å². The molecule has 2 fully saturated rings. The summed E-state index contributed by atoms with van der Waals surface area (Å²) in [5.41, 5.74) is 1.38. The van der Waals surface area contributed by atoms with Crippen LogP contribution in [0.2, 0.25) is 0 Å². The van der Waals surface area contributed by atoms with Gasteiger partial charge in [-0.05, 0) is 50.5 Å². The summed E-state index contributed by atoms with van der Waals surface area (Å²) in [6.45, 7) is 6.20. The smallest absolute Gasteiger partial charge is 0.123 e. The molecular weight excluding hydrogens is 248 g/mol. The Morgan fingerprint density at radius 2 is 2.00 bits per heavy atom. The third kappa shape index (κ3) is 2.45.